The van der Waals surface area contributed by atoms with E-state index in [4.69, 9.17) is 0 Å². The molecular formula is C16H22N2O. The fourth-order valence-electron chi connectivity index (χ4n) is 2.70. The molecule has 1 aromatic carbocycles. The average molecular weight is 258 g/mol. The number of fused-ring (bicyclic) bond motifs is 1. The van der Waals surface area contributed by atoms with Crippen molar-refractivity contribution in [2.75, 3.05) is 6.54 Å². The van der Waals surface area contributed by atoms with Gasteiger partial charge in [-0.05, 0) is 48.8 Å². The molecular weight excluding hydrogens is 236 g/mol. The minimum absolute atomic E-state index is 0.184. The predicted molar refractivity (Wildman–Crippen MR) is 76.0 cm³/mol. The lowest BCUT2D eigenvalue weighted by Gasteiger charge is -2.07. The van der Waals surface area contributed by atoms with Crippen LogP contribution in [0.1, 0.15) is 42.4 Å². The molecule has 0 aliphatic heterocycles. The molecule has 1 fully saturated rings. The van der Waals surface area contributed by atoms with Crippen molar-refractivity contribution in [1.82, 2.24) is 10.6 Å². The van der Waals surface area contributed by atoms with E-state index in [0.717, 1.165) is 25.9 Å². The van der Waals surface area contributed by atoms with Crippen LogP contribution in [0.3, 0.4) is 0 Å². The molecule has 2 aliphatic rings. The van der Waals surface area contributed by atoms with Crippen molar-refractivity contribution >= 4 is 5.91 Å². The maximum Gasteiger partial charge on any atom is 0.221 e. The summed E-state index contributed by atoms with van der Waals surface area (Å²) in [6.45, 7) is 1.62. The Morgan fingerprint density at radius 1 is 1.21 bits per heavy atom. The fourth-order valence-corrected chi connectivity index (χ4v) is 2.70. The van der Waals surface area contributed by atoms with Gasteiger partial charge in [-0.25, -0.2) is 0 Å². The number of amides is 1. The third-order valence-corrected chi connectivity index (χ3v) is 3.96. The minimum atomic E-state index is 0.184. The molecule has 102 valence electrons. The van der Waals surface area contributed by atoms with Crippen molar-refractivity contribution in [3.05, 3.63) is 34.9 Å². The predicted octanol–water partition coefficient (Wildman–Crippen LogP) is 1.93. The van der Waals surface area contributed by atoms with Crippen LogP contribution in [0, 0.1) is 0 Å². The van der Waals surface area contributed by atoms with Gasteiger partial charge in [-0.2, -0.15) is 0 Å². The van der Waals surface area contributed by atoms with Crippen molar-refractivity contribution in [3.63, 3.8) is 0 Å². The van der Waals surface area contributed by atoms with Crippen molar-refractivity contribution in [2.24, 2.45) is 0 Å². The Morgan fingerprint density at radius 2 is 2.05 bits per heavy atom. The van der Waals surface area contributed by atoms with Crippen LogP contribution < -0.4 is 10.6 Å². The van der Waals surface area contributed by atoms with Gasteiger partial charge in [-0.15, -0.1) is 0 Å². The van der Waals surface area contributed by atoms with Crippen molar-refractivity contribution in [2.45, 2.75) is 51.1 Å². The molecule has 2 aliphatic carbocycles. The molecule has 0 heterocycles. The molecule has 3 heteroatoms. The van der Waals surface area contributed by atoms with Crippen LogP contribution in [0.25, 0.3) is 0 Å². The summed E-state index contributed by atoms with van der Waals surface area (Å²) >= 11 is 0. The van der Waals surface area contributed by atoms with Gasteiger partial charge in [0, 0.05) is 25.6 Å². The van der Waals surface area contributed by atoms with Crippen LogP contribution in [-0.2, 0) is 24.2 Å². The summed E-state index contributed by atoms with van der Waals surface area (Å²) in [5.41, 5.74) is 4.38. The zero-order valence-electron chi connectivity index (χ0n) is 11.4. The molecule has 19 heavy (non-hydrogen) atoms. The van der Waals surface area contributed by atoms with Crippen LogP contribution >= 0.6 is 0 Å². The zero-order chi connectivity index (χ0) is 13.1. The fraction of sp³-hybridized carbons (Fsp3) is 0.562. The molecule has 3 nitrogen and oxygen atoms in total. The molecule has 1 saturated carbocycles. The number of carbonyl (C=O) groups is 1. The normalized spacial score (nSPS) is 17.3. The standard InChI is InChI=1S/C16H22N2O/c19-16(18-15-6-7-15)8-9-17-11-12-4-5-13-2-1-3-14(13)10-12/h4-5,10,15,17H,1-3,6-9,11H2,(H,18,19). The highest BCUT2D eigenvalue weighted by atomic mass is 16.1. The number of hydrogen-bond donors (Lipinski definition) is 2. The third-order valence-electron chi connectivity index (χ3n) is 3.96. The Morgan fingerprint density at radius 3 is 2.89 bits per heavy atom. The highest BCUT2D eigenvalue weighted by molar-refractivity contribution is 5.76. The summed E-state index contributed by atoms with van der Waals surface area (Å²) in [5, 5.41) is 6.36. The number of hydrogen-bond acceptors (Lipinski definition) is 2. The Kier molecular flexibility index (Phi) is 3.83. The van der Waals surface area contributed by atoms with Gasteiger partial charge in [0.25, 0.3) is 0 Å². The highest BCUT2D eigenvalue weighted by Gasteiger charge is 2.22. The van der Waals surface area contributed by atoms with E-state index in [1.165, 1.54) is 36.0 Å². The van der Waals surface area contributed by atoms with E-state index in [2.05, 4.69) is 28.8 Å². The molecule has 0 unspecified atom stereocenters. The average Bonchev–Trinajstić information content (AvgIpc) is 3.09. The second-order valence-electron chi connectivity index (χ2n) is 5.73. The first-order valence-corrected chi connectivity index (χ1v) is 7.42. The maximum atomic E-state index is 11.5. The SMILES string of the molecule is O=C(CCNCc1ccc2c(c1)CCC2)NC1CC1. The maximum absolute atomic E-state index is 11.5. The monoisotopic (exact) mass is 258 g/mol. The van der Waals surface area contributed by atoms with Gasteiger partial charge in [-0.1, -0.05) is 18.2 Å². The van der Waals surface area contributed by atoms with Gasteiger partial charge in [0.15, 0.2) is 0 Å². The molecule has 1 aromatic rings. The van der Waals surface area contributed by atoms with E-state index in [-0.39, 0.29) is 5.91 Å². The summed E-state index contributed by atoms with van der Waals surface area (Å²) < 4.78 is 0. The molecule has 2 N–H and O–H groups in total. The van der Waals surface area contributed by atoms with Crippen LogP contribution in [-0.4, -0.2) is 18.5 Å². The van der Waals surface area contributed by atoms with Crippen molar-refractivity contribution in [3.8, 4) is 0 Å². The first kappa shape index (κ1) is 12.7. The Balaban J connectivity index is 1.38. The van der Waals surface area contributed by atoms with Gasteiger partial charge < -0.3 is 10.6 Å². The topological polar surface area (TPSA) is 41.1 Å². The molecule has 0 saturated heterocycles. The van der Waals surface area contributed by atoms with E-state index in [1.807, 2.05) is 0 Å². The first-order valence-electron chi connectivity index (χ1n) is 7.42. The van der Waals surface area contributed by atoms with Crippen LogP contribution in [0.5, 0.6) is 0 Å². The molecule has 1 amide bonds. The number of nitrogens with one attached hydrogen (secondary N) is 2. The summed E-state index contributed by atoms with van der Waals surface area (Å²) in [7, 11) is 0. The lowest BCUT2D eigenvalue weighted by atomic mass is 10.1. The Bertz CT molecular complexity index is 466. The molecule has 0 bridgehead atoms. The van der Waals surface area contributed by atoms with Crippen molar-refractivity contribution < 1.29 is 4.79 Å². The number of benzene rings is 1. The van der Waals surface area contributed by atoms with E-state index in [0.29, 0.717) is 12.5 Å². The number of carbonyl (C=O) groups excluding carboxylic acids is 1. The summed E-state index contributed by atoms with van der Waals surface area (Å²) in [4.78, 5) is 11.5. The second-order valence-corrected chi connectivity index (χ2v) is 5.73. The van der Waals surface area contributed by atoms with Crippen LogP contribution in [0.4, 0.5) is 0 Å². The second kappa shape index (κ2) is 5.74. The third kappa shape index (κ3) is 3.57. The number of rotatable bonds is 6. The highest BCUT2D eigenvalue weighted by Crippen LogP contribution is 2.22. The van der Waals surface area contributed by atoms with E-state index >= 15 is 0 Å². The Hall–Kier alpha value is -1.35. The Labute approximate surface area is 114 Å². The zero-order valence-corrected chi connectivity index (χ0v) is 11.4. The lowest BCUT2D eigenvalue weighted by Crippen LogP contribution is -2.29. The quantitative estimate of drug-likeness (QED) is 0.766. The van der Waals surface area contributed by atoms with Gasteiger partial charge in [0.2, 0.25) is 5.91 Å². The molecule has 3 rings (SSSR count). The summed E-state index contributed by atoms with van der Waals surface area (Å²) in [6, 6.07) is 7.27. The van der Waals surface area contributed by atoms with Crippen LogP contribution in [0.2, 0.25) is 0 Å². The minimum Gasteiger partial charge on any atom is -0.353 e. The van der Waals surface area contributed by atoms with E-state index in [9.17, 15) is 4.79 Å². The van der Waals surface area contributed by atoms with Gasteiger partial charge in [-0.3, -0.25) is 4.79 Å². The molecule has 0 atom stereocenters. The molecule has 0 spiro atoms. The summed E-state index contributed by atoms with van der Waals surface area (Å²) in [5.74, 6) is 0.184. The van der Waals surface area contributed by atoms with E-state index < -0.39 is 0 Å². The largest absolute Gasteiger partial charge is 0.353 e. The van der Waals surface area contributed by atoms with Crippen LogP contribution in [0.15, 0.2) is 18.2 Å². The smallest absolute Gasteiger partial charge is 0.221 e. The first-order chi connectivity index (χ1) is 9.31. The van der Waals surface area contributed by atoms with Crippen molar-refractivity contribution in [1.29, 1.82) is 0 Å². The van der Waals surface area contributed by atoms with Gasteiger partial charge >= 0.3 is 0 Å². The summed E-state index contributed by atoms with van der Waals surface area (Å²) in [6.07, 6.45) is 6.68. The van der Waals surface area contributed by atoms with E-state index in [1.54, 1.807) is 0 Å². The number of aryl methyl sites for hydroxylation is 2. The van der Waals surface area contributed by atoms with Gasteiger partial charge in [0.1, 0.15) is 0 Å². The lowest BCUT2D eigenvalue weighted by molar-refractivity contribution is -0.121. The molecule has 0 radical (unpaired) electrons. The van der Waals surface area contributed by atoms with Gasteiger partial charge in [0.05, 0.1) is 0 Å². The molecule has 0 aromatic heterocycles.